The average Bonchev–Trinajstić information content (AvgIpc) is 2.54. The second kappa shape index (κ2) is 10.9. The Kier molecular flexibility index (Phi) is 9.63. The van der Waals surface area contributed by atoms with Crippen LogP contribution in [0, 0.1) is 0 Å². The summed E-state index contributed by atoms with van der Waals surface area (Å²) in [4.78, 5) is 0. The van der Waals surface area contributed by atoms with Crippen molar-refractivity contribution in [2.24, 2.45) is 0 Å². The molecule has 0 amide bonds. The van der Waals surface area contributed by atoms with Crippen molar-refractivity contribution in [2.75, 3.05) is 13.7 Å². The van der Waals surface area contributed by atoms with E-state index in [9.17, 15) is 5.11 Å². The number of hydrogen-bond acceptors (Lipinski definition) is 3. The van der Waals surface area contributed by atoms with Crippen molar-refractivity contribution in [1.29, 1.82) is 0 Å². The van der Waals surface area contributed by atoms with E-state index >= 15 is 0 Å². The Morgan fingerprint density at radius 3 is 2.41 bits per heavy atom. The van der Waals surface area contributed by atoms with Crippen LogP contribution in [0.2, 0.25) is 6.04 Å². The molecule has 1 N–H and O–H groups in total. The molecule has 0 aliphatic carbocycles. The zero-order valence-electron chi connectivity index (χ0n) is 14.4. The second-order valence-electron chi connectivity index (χ2n) is 5.97. The summed E-state index contributed by atoms with van der Waals surface area (Å²) < 4.78 is 12.3. The van der Waals surface area contributed by atoms with Crippen LogP contribution in [0.1, 0.15) is 52.4 Å². The summed E-state index contributed by atoms with van der Waals surface area (Å²) in [6, 6.07) is 11.5. The van der Waals surface area contributed by atoms with Crippen molar-refractivity contribution in [3.63, 3.8) is 0 Å². The van der Waals surface area contributed by atoms with Gasteiger partial charge in [0.1, 0.15) is 0 Å². The van der Waals surface area contributed by atoms with E-state index < -0.39 is 8.56 Å². The molecule has 0 saturated carbocycles. The van der Waals surface area contributed by atoms with Gasteiger partial charge < -0.3 is 14.0 Å². The smallest absolute Gasteiger partial charge is 0.372 e. The molecule has 2 unspecified atom stereocenters. The molecule has 0 radical (unpaired) electrons. The minimum absolute atomic E-state index is 0.192. The minimum Gasteiger partial charge on any atom is -0.394 e. The zero-order valence-corrected chi connectivity index (χ0v) is 15.4. The Morgan fingerprint density at radius 1 is 1.09 bits per heavy atom. The molecule has 2 atom stereocenters. The first-order chi connectivity index (χ1) is 10.6. The second-order valence-corrected chi connectivity index (χ2v) is 9.25. The average molecular weight is 325 g/mol. The zero-order chi connectivity index (χ0) is 16.3. The molecule has 1 aromatic carbocycles. The molecule has 0 bridgehead atoms. The summed E-state index contributed by atoms with van der Waals surface area (Å²) in [6.07, 6.45) is 6.16. The standard InChI is InChI=1S/C18H32O3Si/c1-4-5-16-22(20-3,18-13-9-6-10-14-18)21-15-11-7-8-12-17(2)19/h6,9-10,13-14,17,19H,4-5,7-8,11-12,15-16H2,1-3H3. The normalized spacial score (nSPS) is 15.5. The maximum absolute atomic E-state index is 9.28. The first kappa shape index (κ1) is 19.4. The molecule has 0 saturated heterocycles. The van der Waals surface area contributed by atoms with Crippen LogP contribution >= 0.6 is 0 Å². The minimum atomic E-state index is -2.30. The number of benzene rings is 1. The molecule has 126 valence electrons. The molecule has 3 nitrogen and oxygen atoms in total. The van der Waals surface area contributed by atoms with Gasteiger partial charge in [-0.2, -0.15) is 0 Å². The lowest BCUT2D eigenvalue weighted by atomic mass is 10.1. The highest BCUT2D eigenvalue weighted by atomic mass is 28.4. The fourth-order valence-electron chi connectivity index (χ4n) is 2.64. The molecule has 1 aromatic rings. The van der Waals surface area contributed by atoms with Crippen LogP contribution in [0.4, 0.5) is 0 Å². The summed E-state index contributed by atoms with van der Waals surface area (Å²) in [6.45, 7) is 4.80. The van der Waals surface area contributed by atoms with E-state index in [0.29, 0.717) is 0 Å². The van der Waals surface area contributed by atoms with Gasteiger partial charge in [0, 0.05) is 13.7 Å². The predicted molar refractivity (Wildman–Crippen MR) is 94.7 cm³/mol. The van der Waals surface area contributed by atoms with Gasteiger partial charge in [0.2, 0.25) is 0 Å². The Hall–Kier alpha value is -0.683. The Bertz CT molecular complexity index is 383. The first-order valence-electron chi connectivity index (χ1n) is 8.57. The van der Waals surface area contributed by atoms with Gasteiger partial charge in [-0.1, -0.05) is 62.9 Å². The third kappa shape index (κ3) is 6.61. The largest absolute Gasteiger partial charge is 0.394 e. The fourth-order valence-corrected chi connectivity index (χ4v) is 5.79. The van der Waals surface area contributed by atoms with E-state index in [4.69, 9.17) is 8.85 Å². The van der Waals surface area contributed by atoms with E-state index in [1.165, 1.54) is 5.19 Å². The first-order valence-corrected chi connectivity index (χ1v) is 10.6. The number of rotatable bonds is 12. The summed E-state index contributed by atoms with van der Waals surface area (Å²) in [7, 11) is -0.504. The van der Waals surface area contributed by atoms with Gasteiger partial charge in [-0.15, -0.1) is 0 Å². The van der Waals surface area contributed by atoms with Crippen molar-refractivity contribution in [3.8, 4) is 0 Å². The molecular weight excluding hydrogens is 292 g/mol. The number of aliphatic hydroxyl groups excluding tert-OH is 1. The molecule has 0 heterocycles. The van der Waals surface area contributed by atoms with Crippen LogP contribution in [0.25, 0.3) is 0 Å². The summed E-state index contributed by atoms with van der Waals surface area (Å²) >= 11 is 0. The van der Waals surface area contributed by atoms with Crippen LogP contribution in [-0.2, 0) is 8.85 Å². The van der Waals surface area contributed by atoms with Gasteiger partial charge >= 0.3 is 8.56 Å². The van der Waals surface area contributed by atoms with E-state index in [0.717, 1.165) is 51.2 Å². The van der Waals surface area contributed by atoms with Gasteiger partial charge in [-0.3, -0.25) is 0 Å². The molecule has 4 heteroatoms. The highest BCUT2D eigenvalue weighted by Crippen LogP contribution is 2.18. The van der Waals surface area contributed by atoms with E-state index in [1.807, 2.05) is 13.0 Å². The van der Waals surface area contributed by atoms with Gasteiger partial charge in [0.05, 0.1) is 6.10 Å². The molecular formula is C18H32O3Si. The maximum Gasteiger partial charge on any atom is 0.372 e. The maximum atomic E-state index is 9.28. The predicted octanol–water partition coefficient (Wildman–Crippen LogP) is 3.74. The Morgan fingerprint density at radius 2 is 1.82 bits per heavy atom. The molecule has 0 aromatic heterocycles. The van der Waals surface area contributed by atoms with Gasteiger partial charge in [-0.25, -0.2) is 0 Å². The van der Waals surface area contributed by atoms with Crippen molar-refractivity contribution in [1.82, 2.24) is 0 Å². The van der Waals surface area contributed by atoms with Crippen LogP contribution < -0.4 is 5.19 Å². The van der Waals surface area contributed by atoms with Gasteiger partial charge in [-0.05, 0) is 31.0 Å². The highest BCUT2D eigenvalue weighted by Gasteiger charge is 2.38. The van der Waals surface area contributed by atoms with E-state index in [-0.39, 0.29) is 6.10 Å². The molecule has 0 spiro atoms. The molecule has 0 aliphatic rings. The monoisotopic (exact) mass is 324 g/mol. The molecule has 0 aliphatic heterocycles. The lowest BCUT2D eigenvalue weighted by Gasteiger charge is -2.29. The quantitative estimate of drug-likeness (QED) is 0.470. The van der Waals surface area contributed by atoms with Crippen molar-refractivity contribution in [3.05, 3.63) is 30.3 Å². The van der Waals surface area contributed by atoms with E-state index in [1.54, 1.807) is 7.11 Å². The third-order valence-corrected chi connectivity index (χ3v) is 7.56. The topological polar surface area (TPSA) is 38.7 Å². The number of unbranched alkanes of at least 4 members (excludes halogenated alkanes) is 3. The summed E-state index contributed by atoms with van der Waals surface area (Å²) in [5.41, 5.74) is 0. The number of hydrogen-bond donors (Lipinski definition) is 1. The van der Waals surface area contributed by atoms with Gasteiger partial charge in [0.25, 0.3) is 0 Å². The fraction of sp³-hybridized carbons (Fsp3) is 0.667. The SMILES string of the molecule is CCCC[Si](OC)(OCCCCCC(C)O)c1ccccc1. The number of aliphatic hydroxyl groups is 1. The van der Waals surface area contributed by atoms with E-state index in [2.05, 4.69) is 31.2 Å². The Labute approximate surface area is 136 Å². The van der Waals surface area contributed by atoms with Crippen molar-refractivity contribution < 1.29 is 14.0 Å². The molecule has 0 fully saturated rings. The van der Waals surface area contributed by atoms with Crippen LogP contribution in [-0.4, -0.2) is 33.5 Å². The van der Waals surface area contributed by atoms with Gasteiger partial charge in [0.15, 0.2) is 0 Å². The third-order valence-electron chi connectivity index (χ3n) is 4.00. The summed E-state index contributed by atoms with van der Waals surface area (Å²) in [5, 5.41) is 10.5. The lowest BCUT2D eigenvalue weighted by molar-refractivity contribution is 0.175. The van der Waals surface area contributed by atoms with Crippen molar-refractivity contribution >= 4 is 13.7 Å². The van der Waals surface area contributed by atoms with Crippen LogP contribution in [0.15, 0.2) is 30.3 Å². The van der Waals surface area contributed by atoms with Crippen molar-refractivity contribution in [2.45, 2.75) is 64.5 Å². The molecule has 1 rings (SSSR count). The summed E-state index contributed by atoms with van der Waals surface area (Å²) in [5.74, 6) is 0. The Balaban J connectivity index is 2.55. The highest BCUT2D eigenvalue weighted by molar-refractivity contribution is 6.81. The van der Waals surface area contributed by atoms with Crippen LogP contribution in [0.3, 0.4) is 0 Å². The molecule has 22 heavy (non-hydrogen) atoms. The lowest BCUT2D eigenvalue weighted by Crippen LogP contribution is -2.53. The van der Waals surface area contributed by atoms with Crippen LogP contribution in [0.5, 0.6) is 0 Å².